The van der Waals surface area contributed by atoms with Gasteiger partial charge >= 0.3 is 0 Å². The molecule has 0 aromatic carbocycles. The third-order valence-corrected chi connectivity index (χ3v) is 1.38. The molecule has 0 saturated carbocycles. The Hall–Kier alpha value is -0.630. The Morgan fingerprint density at radius 1 is 1.44 bits per heavy atom. The number of aromatic nitrogens is 2. The van der Waals surface area contributed by atoms with E-state index in [-0.39, 0.29) is 0 Å². The molecule has 0 spiro atoms. The third-order valence-electron chi connectivity index (χ3n) is 1.20. The molecule has 9 heavy (non-hydrogen) atoms. The Balaban J connectivity index is 3.17. The lowest BCUT2D eigenvalue weighted by Gasteiger charge is -1.94. The highest BCUT2D eigenvalue weighted by molar-refractivity contribution is 6.28. The van der Waals surface area contributed by atoms with Crippen molar-refractivity contribution >= 4 is 11.6 Å². The fourth-order valence-electron chi connectivity index (χ4n) is 0.499. The van der Waals surface area contributed by atoms with Crippen LogP contribution < -0.4 is 0 Å². The van der Waals surface area contributed by atoms with Gasteiger partial charge in [-0.25, -0.2) is 9.97 Å². The van der Waals surface area contributed by atoms with Gasteiger partial charge in [-0.1, -0.05) is 0 Å². The fourth-order valence-corrected chi connectivity index (χ4v) is 0.675. The first kappa shape index (κ1) is 6.49. The van der Waals surface area contributed by atoms with Gasteiger partial charge in [-0.3, -0.25) is 0 Å². The van der Waals surface area contributed by atoms with Gasteiger partial charge in [0.2, 0.25) is 5.28 Å². The molecule has 0 atom stereocenters. The molecule has 1 heterocycles. The molecule has 0 amide bonds. The zero-order valence-electron chi connectivity index (χ0n) is 5.35. The molecule has 1 aromatic rings. The van der Waals surface area contributed by atoms with Crippen molar-refractivity contribution in [3.8, 4) is 0 Å². The van der Waals surface area contributed by atoms with E-state index in [0.29, 0.717) is 5.28 Å². The summed E-state index contributed by atoms with van der Waals surface area (Å²) in [5.41, 5.74) is 2.01. The van der Waals surface area contributed by atoms with Crippen LogP contribution >= 0.6 is 11.6 Å². The molecule has 0 bridgehead atoms. The molecule has 2 nitrogen and oxygen atoms in total. The second-order valence-electron chi connectivity index (χ2n) is 1.91. The summed E-state index contributed by atoms with van der Waals surface area (Å²) in [6.45, 7) is 3.86. The van der Waals surface area contributed by atoms with Crippen molar-refractivity contribution in [1.82, 2.24) is 9.97 Å². The standard InChI is InChI=1S/C6H7ClN2/c1-4-3-8-6(7)9-5(4)2/h3H,1-2H3. The van der Waals surface area contributed by atoms with E-state index >= 15 is 0 Å². The van der Waals surface area contributed by atoms with Crippen LogP contribution in [0.4, 0.5) is 0 Å². The van der Waals surface area contributed by atoms with Crippen LogP contribution in [0, 0.1) is 13.8 Å². The van der Waals surface area contributed by atoms with E-state index in [1.54, 1.807) is 6.20 Å². The van der Waals surface area contributed by atoms with E-state index in [0.717, 1.165) is 11.3 Å². The first-order valence-corrected chi connectivity index (χ1v) is 3.03. The molecule has 0 radical (unpaired) electrons. The first-order chi connectivity index (χ1) is 4.20. The molecule has 0 aliphatic rings. The quantitative estimate of drug-likeness (QED) is 0.516. The summed E-state index contributed by atoms with van der Waals surface area (Å²) >= 11 is 5.49. The van der Waals surface area contributed by atoms with Crippen molar-refractivity contribution in [2.45, 2.75) is 13.8 Å². The van der Waals surface area contributed by atoms with E-state index in [4.69, 9.17) is 11.6 Å². The molecule has 0 unspecified atom stereocenters. The van der Waals surface area contributed by atoms with Gasteiger partial charge in [0.1, 0.15) is 0 Å². The molecule has 48 valence electrons. The van der Waals surface area contributed by atoms with Crippen LogP contribution in [0.25, 0.3) is 0 Å². The minimum atomic E-state index is 0.318. The lowest BCUT2D eigenvalue weighted by molar-refractivity contribution is 1.06. The van der Waals surface area contributed by atoms with Gasteiger partial charge in [-0.05, 0) is 31.0 Å². The summed E-state index contributed by atoms with van der Waals surface area (Å²) in [5, 5.41) is 0.318. The maximum absolute atomic E-state index is 5.49. The molecule has 1 rings (SSSR count). The smallest absolute Gasteiger partial charge is 0.222 e. The van der Waals surface area contributed by atoms with E-state index in [9.17, 15) is 0 Å². The van der Waals surface area contributed by atoms with Crippen LogP contribution in [-0.2, 0) is 0 Å². The van der Waals surface area contributed by atoms with E-state index in [1.807, 2.05) is 13.8 Å². The molecular weight excluding hydrogens is 136 g/mol. The number of rotatable bonds is 0. The maximum Gasteiger partial charge on any atom is 0.222 e. The van der Waals surface area contributed by atoms with Crippen LogP contribution in [0.15, 0.2) is 6.20 Å². The van der Waals surface area contributed by atoms with Crippen molar-refractivity contribution in [3.05, 3.63) is 22.7 Å². The van der Waals surface area contributed by atoms with Crippen molar-refractivity contribution in [3.63, 3.8) is 0 Å². The number of halogens is 1. The van der Waals surface area contributed by atoms with E-state index in [1.165, 1.54) is 0 Å². The van der Waals surface area contributed by atoms with Gasteiger partial charge in [0.05, 0.1) is 0 Å². The first-order valence-electron chi connectivity index (χ1n) is 2.66. The number of aryl methyl sites for hydroxylation is 2. The van der Waals surface area contributed by atoms with Gasteiger partial charge in [0.15, 0.2) is 0 Å². The highest BCUT2D eigenvalue weighted by Crippen LogP contribution is 2.04. The van der Waals surface area contributed by atoms with Crippen LogP contribution in [0.3, 0.4) is 0 Å². The van der Waals surface area contributed by atoms with Crippen LogP contribution in [0.2, 0.25) is 5.28 Å². The average molecular weight is 143 g/mol. The van der Waals surface area contributed by atoms with Crippen LogP contribution in [-0.4, -0.2) is 9.97 Å². The molecule has 0 aliphatic heterocycles. The monoisotopic (exact) mass is 142 g/mol. The Kier molecular flexibility index (Phi) is 1.67. The second-order valence-corrected chi connectivity index (χ2v) is 2.25. The van der Waals surface area contributed by atoms with Gasteiger partial charge in [-0.15, -0.1) is 0 Å². The SMILES string of the molecule is Cc1cnc(Cl)nc1C. The van der Waals surface area contributed by atoms with Crippen LogP contribution in [0.1, 0.15) is 11.3 Å². The van der Waals surface area contributed by atoms with Crippen molar-refractivity contribution in [1.29, 1.82) is 0 Å². The van der Waals surface area contributed by atoms with Gasteiger partial charge in [0.25, 0.3) is 0 Å². The Bertz CT molecular complexity index is 222. The zero-order valence-corrected chi connectivity index (χ0v) is 6.11. The highest BCUT2D eigenvalue weighted by atomic mass is 35.5. The minimum Gasteiger partial charge on any atom is -0.226 e. The molecule has 0 aliphatic carbocycles. The summed E-state index contributed by atoms with van der Waals surface area (Å²) in [7, 11) is 0. The molecule has 0 saturated heterocycles. The number of hydrogen-bond donors (Lipinski definition) is 0. The summed E-state index contributed by atoms with van der Waals surface area (Å²) in [6.07, 6.45) is 1.71. The maximum atomic E-state index is 5.49. The van der Waals surface area contributed by atoms with E-state index in [2.05, 4.69) is 9.97 Å². The average Bonchev–Trinajstić information content (AvgIpc) is 1.80. The lowest BCUT2D eigenvalue weighted by Crippen LogP contribution is -1.88. The van der Waals surface area contributed by atoms with Gasteiger partial charge in [0, 0.05) is 11.9 Å². The molecule has 0 N–H and O–H groups in total. The van der Waals surface area contributed by atoms with Crippen molar-refractivity contribution < 1.29 is 0 Å². The Morgan fingerprint density at radius 2 is 2.11 bits per heavy atom. The molecule has 1 aromatic heterocycles. The summed E-state index contributed by atoms with van der Waals surface area (Å²) in [5.74, 6) is 0. The van der Waals surface area contributed by atoms with Gasteiger partial charge < -0.3 is 0 Å². The van der Waals surface area contributed by atoms with E-state index < -0.39 is 0 Å². The Labute approximate surface area is 58.9 Å². The number of nitrogens with zero attached hydrogens (tertiary/aromatic N) is 2. The van der Waals surface area contributed by atoms with Crippen LogP contribution in [0.5, 0.6) is 0 Å². The molecule has 3 heteroatoms. The number of hydrogen-bond acceptors (Lipinski definition) is 2. The predicted octanol–water partition coefficient (Wildman–Crippen LogP) is 1.75. The van der Waals surface area contributed by atoms with Crippen molar-refractivity contribution in [2.75, 3.05) is 0 Å². The minimum absolute atomic E-state index is 0.318. The third kappa shape index (κ3) is 1.39. The zero-order chi connectivity index (χ0) is 6.85. The summed E-state index contributed by atoms with van der Waals surface area (Å²) in [6, 6.07) is 0. The van der Waals surface area contributed by atoms with Crippen molar-refractivity contribution in [2.24, 2.45) is 0 Å². The summed E-state index contributed by atoms with van der Waals surface area (Å²) in [4.78, 5) is 7.72. The predicted molar refractivity (Wildman–Crippen MR) is 36.5 cm³/mol. The largest absolute Gasteiger partial charge is 0.226 e. The topological polar surface area (TPSA) is 25.8 Å². The lowest BCUT2D eigenvalue weighted by atomic mass is 10.3. The fraction of sp³-hybridized carbons (Fsp3) is 0.333. The van der Waals surface area contributed by atoms with Gasteiger partial charge in [-0.2, -0.15) is 0 Å². The Morgan fingerprint density at radius 3 is 2.56 bits per heavy atom. The molecular formula is C6H7ClN2. The highest BCUT2D eigenvalue weighted by Gasteiger charge is 1.93. The molecule has 0 fully saturated rings. The normalized spacial score (nSPS) is 9.67. The second kappa shape index (κ2) is 2.31. The summed E-state index contributed by atoms with van der Waals surface area (Å²) < 4.78 is 0.